The van der Waals surface area contributed by atoms with Gasteiger partial charge in [-0.1, -0.05) is 18.2 Å². The van der Waals surface area contributed by atoms with Crippen molar-refractivity contribution >= 4 is 33.0 Å². The Kier molecular flexibility index (Phi) is 6.18. The van der Waals surface area contributed by atoms with Gasteiger partial charge in [-0.3, -0.25) is 4.79 Å². The van der Waals surface area contributed by atoms with Gasteiger partial charge >= 0.3 is 0 Å². The molecule has 0 bridgehead atoms. The number of carbonyl (C=O) groups is 1. The zero-order chi connectivity index (χ0) is 19.4. The smallest absolute Gasteiger partial charge is 0.252 e. The van der Waals surface area contributed by atoms with Crippen LogP contribution < -0.4 is 10.2 Å². The van der Waals surface area contributed by atoms with Gasteiger partial charge in [-0.15, -0.1) is 11.3 Å². The molecule has 0 saturated carbocycles. The van der Waals surface area contributed by atoms with Gasteiger partial charge in [0.05, 0.1) is 5.92 Å². The molecular formula is C19H25N3O3S2. The van der Waals surface area contributed by atoms with Crippen LogP contribution in [0, 0.1) is 5.92 Å². The molecule has 0 spiro atoms. The Morgan fingerprint density at radius 1 is 1.26 bits per heavy atom. The number of benzene rings is 1. The summed E-state index contributed by atoms with van der Waals surface area (Å²) in [6.07, 6.45) is 1.40. The van der Waals surface area contributed by atoms with Crippen molar-refractivity contribution in [3.05, 3.63) is 47.3 Å². The number of nitrogens with one attached hydrogen (secondary N) is 1. The van der Waals surface area contributed by atoms with E-state index in [9.17, 15) is 13.2 Å². The van der Waals surface area contributed by atoms with Gasteiger partial charge in [0.1, 0.15) is 4.21 Å². The lowest BCUT2D eigenvalue weighted by Gasteiger charge is -2.30. The highest BCUT2D eigenvalue weighted by molar-refractivity contribution is 7.91. The lowest BCUT2D eigenvalue weighted by Crippen LogP contribution is -2.45. The second-order valence-electron chi connectivity index (χ2n) is 6.91. The molecule has 0 unspecified atom stereocenters. The second-order valence-corrected chi connectivity index (χ2v) is 10.0. The van der Waals surface area contributed by atoms with Crippen LogP contribution in [0.5, 0.6) is 0 Å². The minimum Gasteiger partial charge on any atom is -0.378 e. The molecule has 1 saturated heterocycles. The number of piperidine rings is 1. The van der Waals surface area contributed by atoms with E-state index in [2.05, 4.69) is 5.32 Å². The Balaban J connectivity index is 1.58. The van der Waals surface area contributed by atoms with Gasteiger partial charge in [0.15, 0.2) is 0 Å². The van der Waals surface area contributed by atoms with E-state index < -0.39 is 10.0 Å². The lowest BCUT2D eigenvalue weighted by molar-refractivity contribution is -0.126. The number of hydrogen-bond donors (Lipinski definition) is 1. The maximum absolute atomic E-state index is 12.7. The fraction of sp³-hybridized carbons (Fsp3) is 0.421. The summed E-state index contributed by atoms with van der Waals surface area (Å²) in [7, 11) is 0.466. The SMILES string of the molecule is CN(C)c1ccc(CNC(=O)[C@@H]2CCCN(S(=O)(=O)c3cccs3)C2)cc1. The Hall–Kier alpha value is -1.90. The van der Waals surface area contributed by atoms with Crippen molar-refractivity contribution in [3.8, 4) is 0 Å². The van der Waals surface area contributed by atoms with Crippen molar-refractivity contribution < 1.29 is 13.2 Å². The largest absolute Gasteiger partial charge is 0.378 e. The molecule has 1 aliphatic rings. The van der Waals surface area contributed by atoms with E-state index in [0.29, 0.717) is 30.1 Å². The van der Waals surface area contributed by atoms with Crippen molar-refractivity contribution in [3.63, 3.8) is 0 Å². The number of sulfonamides is 1. The van der Waals surface area contributed by atoms with Crippen LogP contribution in [0.4, 0.5) is 5.69 Å². The molecule has 1 fully saturated rings. The summed E-state index contributed by atoms with van der Waals surface area (Å²) in [6, 6.07) is 11.3. The Labute approximate surface area is 164 Å². The summed E-state index contributed by atoms with van der Waals surface area (Å²) < 4.78 is 27.1. The summed E-state index contributed by atoms with van der Waals surface area (Å²) in [5.41, 5.74) is 2.12. The first-order chi connectivity index (χ1) is 12.9. The molecule has 146 valence electrons. The number of hydrogen-bond acceptors (Lipinski definition) is 5. The van der Waals surface area contributed by atoms with Gasteiger partial charge in [-0.25, -0.2) is 8.42 Å². The first-order valence-electron chi connectivity index (χ1n) is 8.95. The van der Waals surface area contributed by atoms with E-state index in [1.165, 1.54) is 15.6 Å². The zero-order valence-electron chi connectivity index (χ0n) is 15.6. The van der Waals surface area contributed by atoms with Crippen LogP contribution in [0.1, 0.15) is 18.4 Å². The Bertz CT molecular complexity index is 862. The maximum Gasteiger partial charge on any atom is 0.252 e. The normalized spacial score (nSPS) is 18.2. The monoisotopic (exact) mass is 407 g/mol. The lowest BCUT2D eigenvalue weighted by atomic mass is 9.99. The zero-order valence-corrected chi connectivity index (χ0v) is 17.2. The predicted octanol–water partition coefficient (Wildman–Crippen LogP) is 2.53. The topological polar surface area (TPSA) is 69.7 Å². The third-order valence-corrected chi connectivity index (χ3v) is 8.00. The first kappa shape index (κ1) is 19.9. The summed E-state index contributed by atoms with van der Waals surface area (Å²) in [4.78, 5) is 14.6. The van der Waals surface area contributed by atoms with Crippen LogP contribution in [0.2, 0.25) is 0 Å². The molecule has 8 heteroatoms. The highest BCUT2D eigenvalue weighted by Crippen LogP contribution is 2.26. The van der Waals surface area contributed by atoms with E-state index >= 15 is 0 Å². The average Bonchev–Trinajstić information content (AvgIpc) is 3.22. The molecule has 2 heterocycles. The predicted molar refractivity (Wildman–Crippen MR) is 108 cm³/mol. The molecule has 3 rings (SSSR count). The number of thiophene rings is 1. The fourth-order valence-electron chi connectivity index (χ4n) is 3.16. The third kappa shape index (κ3) is 4.69. The Morgan fingerprint density at radius 2 is 2.00 bits per heavy atom. The van der Waals surface area contributed by atoms with Gasteiger partial charge in [0.25, 0.3) is 10.0 Å². The molecule has 0 aliphatic carbocycles. The minimum atomic E-state index is -3.50. The third-order valence-electron chi connectivity index (χ3n) is 4.76. The van der Waals surface area contributed by atoms with E-state index in [0.717, 1.165) is 11.3 Å². The molecule has 1 amide bonds. The van der Waals surface area contributed by atoms with Gasteiger partial charge in [0.2, 0.25) is 5.91 Å². The molecule has 1 aromatic heterocycles. The van der Waals surface area contributed by atoms with E-state index in [-0.39, 0.29) is 18.4 Å². The van der Waals surface area contributed by atoms with Gasteiger partial charge in [-0.2, -0.15) is 4.31 Å². The first-order valence-corrected chi connectivity index (χ1v) is 11.3. The summed E-state index contributed by atoms with van der Waals surface area (Å²) in [6.45, 7) is 1.16. The molecule has 1 aliphatic heterocycles. The van der Waals surface area contributed by atoms with Gasteiger partial charge < -0.3 is 10.2 Å². The molecular weight excluding hydrogens is 382 g/mol. The Morgan fingerprint density at radius 3 is 2.63 bits per heavy atom. The van der Waals surface area contributed by atoms with Crippen molar-refractivity contribution in [1.29, 1.82) is 0 Å². The van der Waals surface area contributed by atoms with Crippen LogP contribution in [0.3, 0.4) is 0 Å². The standard InChI is InChI=1S/C19H25N3O3S2/c1-21(2)17-9-7-15(8-10-17)13-20-19(23)16-5-3-11-22(14-16)27(24,25)18-6-4-12-26-18/h4,6-10,12,16H,3,5,11,13-14H2,1-2H3,(H,20,23)/t16-/m1/s1. The average molecular weight is 408 g/mol. The van der Waals surface area contributed by atoms with Crippen molar-refractivity contribution in [2.45, 2.75) is 23.6 Å². The number of anilines is 1. The van der Waals surface area contributed by atoms with Gasteiger partial charge in [0, 0.05) is 39.4 Å². The van der Waals surface area contributed by atoms with Crippen LogP contribution in [0.15, 0.2) is 46.0 Å². The summed E-state index contributed by atoms with van der Waals surface area (Å²) >= 11 is 1.21. The highest BCUT2D eigenvalue weighted by Gasteiger charge is 2.33. The molecule has 1 atom stereocenters. The van der Waals surface area contributed by atoms with Crippen molar-refractivity contribution in [1.82, 2.24) is 9.62 Å². The van der Waals surface area contributed by atoms with Crippen LogP contribution in [0.25, 0.3) is 0 Å². The molecule has 1 aromatic carbocycles. The highest BCUT2D eigenvalue weighted by atomic mass is 32.2. The van der Waals surface area contributed by atoms with Crippen LogP contribution in [-0.2, 0) is 21.4 Å². The van der Waals surface area contributed by atoms with Crippen molar-refractivity contribution in [2.24, 2.45) is 5.92 Å². The molecule has 1 N–H and O–H groups in total. The number of nitrogens with zero attached hydrogens (tertiary/aromatic N) is 2. The maximum atomic E-state index is 12.7. The number of carbonyl (C=O) groups excluding carboxylic acids is 1. The fourth-order valence-corrected chi connectivity index (χ4v) is 5.83. The van der Waals surface area contributed by atoms with E-state index in [4.69, 9.17) is 0 Å². The van der Waals surface area contributed by atoms with Crippen LogP contribution in [-0.4, -0.2) is 45.8 Å². The molecule has 27 heavy (non-hydrogen) atoms. The van der Waals surface area contributed by atoms with E-state index in [1.807, 2.05) is 43.3 Å². The number of rotatable bonds is 6. The number of amides is 1. The van der Waals surface area contributed by atoms with Crippen molar-refractivity contribution in [2.75, 3.05) is 32.1 Å². The summed E-state index contributed by atoms with van der Waals surface area (Å²) in [5.74, 6) is -0.396. The molecule has 0 radical (unpaired) electrons. The van der Waals surface area contributed by atoms with Gasteiger partial charge in [-0.05, 0) is 42.0 Å². The quantitative estimate of drug-likeness (QED) is 0.799. The van der Waals surface area contributed by atoms with E-state index in [1.54, 1.807) is 17.5 Å². The minimum absolute atomic E-state index is 0.0854. The molecule has 6 nitrogen and oxygen atoms in total. The second kappa shape index (κ2) is 8.41. The molecule has 2 aromatic rings. The summed E-state index contributed by atoms with van der Waals surface area (Å²) in [5, 5.41) is 4.71. The van der Waals surface area contributed by atoms with Crippen LogP contribution >= 0.6 is 11.3 Å².